The number of halogens is 2. The number of aromatic nitrogens is 6. The summed E-state index contributed by atoms with van der Waals surface area (Å²) in [5.41, 5.74) is 3.50. The number of nitrogens with one attached hydrogen (secondary N) is 1. The van der Waals surface area contributed by atoms with E-state index in [1.807, 2.05) is 31.3 Å². The SMILES string of the molecule is COc1cc([C@H](C)C(=O)N2CC[C@@]3(CCc4cc(-c5nc6ccccn6n5)c(C)nc4N3)C2)nc(C(F)F)n1. The van der Waals surface area contributed by atoms with Crippen molar-refractivity contribution in [2.24, 2.45) is 0 Å². The monoisotopic (exact) mass is 534 g/mol. The molecule has 1 amide bonds. The zero-order valence-electron chi connectivity index (χ0n) is 21.9. The Balaban J connectivity index is 1.20. The topological polar surface area (TPSA) is 110 Å². The molecule has 12 heteroatoms. The van der Waals surface area contributed by atoms with Crippen LogP contribution in [0.15, 0.2) is 36.5 Å². The highest BCUT2D eigenvalue weighted by Gasteiger charge is 2.43. The van der Waals surface area contributed by atoms with Gasteiger partial charge < -0.3 is 15.0 Å². The Hall–Kier alpha value is -4.22. The van der Waals surface area contributed by atoms with Crippen molar-refractivity contribution in [1.29, 1.82) is 0 Å². The Bertz CT molecular complexity index is 1540. The van der Waals surface area contributed by atoms with E-state index in [-0.39, 0.29) is 23.0 Å². The summed E-state index contributed by atoms with van der Waals surface area (Å²) >= 11 is 0. The van der Waals surface area contributed by atoms with Gasteiger partial charge in [0.05, 0.1) is 30.0 Å². The number of hydrogen-bond donors (Lipinski definition) is 1. The number of carbonyl (C=O) groups is 1. The van der Waals surface area contributed by atoms with Gasteiger partial charge in [0.1, 0.15) is 5.82 Å². The first-order valence-electron chi connectivity index (χ1n) is 12.9. The lowest BCUT2D eigenvalue weighted by atomic mass is 9.86. The number of amides is 1. The van der Waals surface area contributed by atoms with Crippen molar-refractivity contribution in [3.8, 4) is 17.3 Å². The molecule has 0 unspecified atom stereocenters. The van der Waals surface area contributed by atoms with Gasteiger partial charge in [0, 0.05) is 30.9 Å². The fraction of sp³-hybridized carbons (Fsp3) is 0.407. The van der Waals surface area contributed by atoms with Gasteiger partial charge in [-0.1, -0.05) is 6.07 Å². The smallest absolute Gasteiger partial charge is 0.297 e. The highest BCUT2D eigenvalue weighted by Crippen LogP contribution is 2.39. The molecule has 1 N–H and O–H groups in total. The highest BCUT2D eigenvalue weighted by atomic mass is 19.3. The van der Waals surface area contributed by atoms with Crippen LogP contribution in [0, 0.1) is 6.92 Å². The molecular weight excluding hydrogens is 506 g/mol. The molecule has 6 rings (SSSR count). The van der Waals surface area contributed by atoms with Crippen molar-refractivity contribution < 1.29 is 18.3 Å². The number of fused-ring (bicyclic) bond motifs is 2. The highest BCUT2D eigenvalue weighted by molar-refractivity contribution is 5.83. The molecule has 1 fully saturated rings. The number of aryl methyl sites for hydroxylation is 2. The standard InChI is InChI=1S/C27H28F2N8O2/c1-15(19-13-21(39-3)33-25(31-19)22(28)29)26(38)36-11-9-27(14-36)8-7-17-12-18(16(2)30-23(17)34-27)24-32-20-6-4-5-10-37(20)35-24/h4-6,10,12-13,15,22H,7-9,11,14H2,1-3H3,(H,30,34)/t15-,27-/m0/s1. The van der Waals surface area contributed by atoms with Gasteiger partial charge in [0.2, 0.25) is 11.8 Å². The Morgan fingerprint density at radius 3 is 2.77 bits per heavy atom. The molecule has 1 saturated heterocycles. The third-order valence-electron chi connectivity index (χ3n) is 7.65. The number of anilines is 1. The average Bonchev–Trinajstić information content (AvgIpc) is 3.56. The summed E-state index contributed by atoms with van der Waals surface area (Å²) in [7, 11) is 1.34. The molecule has 4 aromatic heterocycles. The summed E-state index contributed by atoms with van der Waals surface area (Å²) in [4.78, 5) is 32.3. The predicted octanol–water partition coefficient (Wildman–Crippen LogP) is 3.97. The molecule has 4 aromatic rings. The Morgan fingerprint density at radius 1 is 1.15 bits per heavy atom. The minimum Gasteiger partial charge on any atom is -0.481 e. The van der Waals surface area contributed by atoms with Crippen LogP contribution in [0.2, 0.25) is 0 Å². The average molecular weight is 535 g/mol. The molecule has 1 spiro atoms. The largest absolute Gasteiger partial charge is 0.481 e. The molecule has 0 saturated carbocycles. The fourth-order valence-electron chi connectivity index (χ4n) is 5.46. The molecule has 0 aromatic carbocycles. The van der Waals surface area contributed by atoms with Crippen LogP contribution in [0.1, 0.15) is 54.9 Å². The number of alkyl halides is 2. The Morgan fingerprint density at radius 2 is 2.00 bits per heavy atom. The number of hydrogen-bond acceptors (Lipinski definition) is 8. The number of ether oxygens (including phenoxy) is 1. The number of rotatable bonds is 5. The predicted molar refractivity (Wildman–Crippen MR) is 139 cm³/mol. The van der Waals surface area contributed by atoms with Gasteiger partial charge in [0.15, 0.2) is 17.3 Å². The summed E-state index contributed by atoms with van der Waals surface area (Å²) in [5.74, 6) is -0.0673. The molecule has 0 bridgehead atoms. The van der Waals surface area contributed by atoms with Gasteiger partial charge in [-0.25, -0.2) is 28.2 Å². The third-order valence-corrected chi connectivity index (χ3v) is 7.65. The summed E-state index contributed by atoms with van der Waals surface area (Å²) in [5, 5.41) is 8.23. The van der Waals surface area contributed by atoms with Crippen molar-refractivity contribution >= 4 is 17.4 Å². The van der Waals surface area contributed by atoms with Crippen LogP contribution in [0.25, 0.3) is 17.0 Å². The number of methoxy groups -OCH3 is 1. The lowest BCUT2D eigenvalue weighted by Crippen LogP contribution is -2.46. The van der Waals surface area contributed by atoms with Crippen LogP contribution < -0.4 is 10.1 Å². The van der Waals surface area contributed by atoms with E-state index in [1.165, 1.54) is 13.2 Å². The Kier molecular flexibility index (Phi) is 6.12. The van der Waals surface area contributed by atoms with Crippen LogP contribution >= 0.6 is 0 Å². The van der Waals surface area contributed by atoms with E-state index in [9.17, 15) is 13.6 Å². The number of pyridine rings is 2. The lowest BCUT2D eigenvalue weighted by Gasteiger charge is -2.36. The lowest BCUT2D eigenvalue weighted by molar-refractivity contribution is -0.131. The summed E-state index contributed by atoms with van der Waals surface area (Å²) in [6.45, 7) is 4.67. The second-order valence-corrected chi connectivity index (χ2v) is 10.2. The molecule has 6 heterocycles. The zero-order valence-corrected chi connectivity index (χ0v) is 21.9. The van der Waals surface area contributed by atoms with E-state index in [0.29, 0.717) is 18.9 Å². The minimum absolute atomic E-state index is 0.0121. The molecule has 2 atom stereocenters. The molecule has 2 aliphatic heterocycles. The van der Waals surface area contributed by atoms with Crippen LogP contribution in [0.5, 0.6) is 5.88 Å². The molecule has 2 aliphatic rings. The van der Waals surface area contributed by atoms with Crippen LogP contribution in [0.3, 0.4) is 0 Å². The first-order valence-corrected chi connectivity index (χ1v) is 12.9. The van der Waals surface area contributed by atoms with E-state index >= 15 is 0 Å². The molecule has 0 radical (unpaired) electrons. The first kappa shape index (κ1) is 25.1. The van der Waals surface area contributed by atoms with Crippen molar-refractivity contribution in [1.82, 2.24) is 34.4 Å². The van der Waals surface area contributed by atoms with E-state index in [2.05, 4.69) is 31.4 Å². The quantitative estimate of drug-likeness (QED) is 0.410. The van der Waals surface area contributed by atoms with Crippen molar-refractivity contribution in [3.05, 3.63) is 59.3 Å². The number of carbonyl (C=O) groups excluding carboxylic acids is 1. The summed E-state index contributed by atoms with van der Waals surface area (Å²) < 4.78 is 33.4. The maximum atomic E-state index is 13.4. The molecule has 39 heavy (non-hydrogen) atoms. The van der Waals surface area contributed by atoms with Gasteiger partial charge in [-0.3, -0.25) is 4.79 Å². The number of likely N-dealkylation sites (tertiary alicyclic amines) is 1. The van der Waals surface area contributed by atoms with Gasteiger partial charge in [-0.05, 0) is 56.9 Å². The van der Waals surface area contributed by atoms with Crippen molar-refractivity contribution in [2.75, 3.05) is 25.5 Å². The van der Waals surface area contributed by atoms with E-state index in [0.717, 1.165) is 47.5 Å². The molecule has 202 valence electrons. The zero-order chi connectivity index (χ0) is 27.3. The second-order valence-electron chi connectivity index (χ2n) is 10.2. The first-order chi connectivity index (χ1) is 18.7. The summed E-state index contributed by atoms with van der Waals surface area (Å²) in [6, 6.07) is 9.30. The van der Waals surface area contributed by atoms with E-state index in [1.54, 1.807) is 16.3 Å². The molecular formula is C27H28F2N8O2. The molecule has 10 nitrogen and oxygen atoms in total. The van der Waals surface area contributed by atoms with Crippen LogP contribution in [-0.4, -0.2) is 66.1 Å². The van der Waals surface area contributed by atoms with Gasteiger partial charge in [0.25, 0.3) is 6.43 Å². The third kappa shape index (κ3) is 4.53. The van der Waals surface area contributed by atoms with Gasteiger partial charge in [-0.2, -0.15) is 4.98 Å². The van der Waals surface area contributed by atoms with Crippen LogP contribution in [-0.2, 0) is 11.2 Å². The fourth-order valence-corrected chi connectivity index (χ4v) is 5.46. The number of nitrogens with zero attached hydrogens (tertiary/aromatic N) is 7. The maximum absolute atomic E-state index is 13.4. The Labute approximate surface area is 223 Å². The van der Waals surface area contributed by atoms with Gasteiger partial charge >= 0.3 is 0 Å². The van der Waals surface area contributed by atoms with Crippen molar-refractivity contribution in [3.63, 3.8) is 0 Å². The van der Waals surface area contributed by atoms with E-state index < -0.39 is 18.2 Å². The maximum Gasteiger partial charge on any atom is 0.297 e. The van der Waals surface area contributed by atoms with E-state index in [4.69, 9.17) is 9.72 Å². The second kappa shape index (κ2) is 9.51. The van der Waals surface area contributed by atoms with Crippen LogP contribution in [0.4, 0.5) is 14.6 Å². The normalized spacial score (nSPS) is 19.4. The minimum atomic E-state index is -2.86. The molecule has 0 aliphatic carbocycles. The van der Waals surface area contributed by atoms with Crippen molar-refractivity contribution in [2.45, 2.75) is 51.0 Å². The summed E-state index contributed by atoms with van der Waals surface area (Å²) in [6.07, 6.45) is 1.40. The van der Waals surface area contributed by atoms with Gasteiger partial charge in [-0.15, -0.1) is 5.10 Å².